The highest BCUT2D eigenvalue weighted by atomic mass is 79.9. The summed E-state index contributed by atoms with van der Waals surface area (Å²) in [5.74, 6) is -0.0356. The van der Waals surface area contributed by atoms with Crippen LogP contribution in [0.1, 0.15) is 18.4 Å². The predicted octanol–water partition coefficient (Wildman–Crippen LogP) is 1.31. The molecule has 0 aromatic heterocycles. The Kier molecular flexibility index (Phi) is 6.39. The van der Waals surface area contributed by atoms with Gasteiger partial charge in [0.15, 0.2) is 0 Å². The lowest BCUT2D eigenvalue weighted by atomic mass is 9.96. The fourth-order valence-electron chi connectivity index (χ4n) is 2.69. The summed E-state index contributed by atoms with van der Waals surface area (Å²) in [6.07, 6.45) is 2.07. The molecule has 0 saturated carbocycles. The van der Waals surface area contributed by atoms with Crippen LogP contribution < -0.4 is 11.1 Å². The van der Waals surface area contributed by atoms with E-state index in [1.54, 1.807) is 4.90 Å². The second kappa shape index (κ2) is 8.29. The molecule has 5 nitrogen and oxygen atoms in total. The quantitative estimate of drug-likeness (QED) is 0.823. The summed E-state index contributed by atoms with van der Waals surface area (Å²) in [6.45, 7) is 2.15. The molecule has 2 rings (SSSR count). The van der Waals surface area contributed by atoms with E-state index in [1.807, 2.05) is 24.3 Å². The van der Waals surface area contributed by atoms with E-state index in [-0.39, 0.29) is 17.7 Å². The molecule has 1 unspecified atom stereocenters. The Labute approximate surface area is 139 Å². The van der Waals surface area contributed by atoms with Crippen molar-refractivity contribution < 1.29 is 9.59 Å². The number of nitrogens with two attached hydrogens (primary N) is 1. The van der Waals surface area contributed by atoms with E-state index >= 15 is 0 Å². The molecule has 0 bridgehead atoms. The summed E-state index contributed by atoms with van der Waals surface area (Å²) < 4.78 is 0.968. The zero-order chi connectivity index (χ0) is 15.9. The van der Waals surface area contributed by atoms with E-state index in [9.17, 15) is 9.59 Å². The van der Waals surface area contributed by atoms with Crippen molar-refractivity contribution >= 4 is 27.7 Å². The van der Waals surface area contributed by atoms with Crippen LogP contribution in [-0.4, -0.2) is 42.9 Å². The first-order valence-electron chi connectivity index (χ1n) is 7.60. The van der Waals surface area contributed by atoms with Crippen LogP contribution in [0.2, 0.25) is 0 Å². The minimum Gasteiger partial charge on any atom is -0.355 e. The van der Waals surface area contributed by atoms with Gasteiger partial charge in [-0.15, -0.1) is 0 Å². The zero-order valence-electron chi connectivity index (χ0n) is 12.6. The van der Waals surface area contributed by atoms with E-state index < -0.39 is 0 Å². The van der Waals surface area contributed by atoms with Crippen molar-refractivity contribution in [3.05, 3.63) is 34.3 Å². The molecule has 0 spiro atoms. The Balaban J connectivity index is 1.91. The summed E-state index contributed by atoms with van der Waals surface area (Å²) in [6, 6.07) is 7.75. The Morgan fingerprint density at radius 3 is 2.95 bits per heavy atom. The Bertz CT molecular complexity index is 536. The van der Waals surface area contributed by atoms with Gasteiger partial charge in [0.05, 0.1) is 12.3 Å². The number of benzene rings is 1. The number of hydrogen-bond acceptors (Lipinski definition) is 3. The van der Waals surface area contributed by atoms with E-state index in [4.69, 9.17) is 5.73 Å². The Morgan fingerprint density at radius 2 is 2.23 bits per heavy atom. The molecule has 1 fully saturated rings. The van der Waals surface area contributed by atoms with Gasteiger partial charge in [0, 0.05) is 30.7 Å². The molecule has 0 radical (unpaired) electrons. The molecule has 2 amide bonds. The standard InChI is InChI=1S/C16H22BrN3O2/c17-14-5-1-3-12(9-14)10-15(21)20-8-2-4-13(11-20)16(22)19-7-6-18/h1,3,5,9,13H,2,4,6-8,10-11,18H2,(H,19,22). The van der Waals surface area contributed by atoms with Crippen molar-refractivity contribution in [3.8, 4) is 0 Å². The fraction of sp³-hybridized carbons (Fsp3) is 0.500. The molecule has 1 aromatic carbocycles. The van der Waals surface area contributed by atoms with Crippen LogP contribution in [0.25, 0.3) is 0 Å². The highest BCUT2D eigenvalue weighted by Crippen LogP contribution is 2.18. The largest absolute Gasteiger partial charge is 0.355 e. The molecule has 1 aromatic rings. The second-order valence-corrected chi connectivity index (χ2v) is 6.48. The molecule has 1 aliphatic rings. The van der Waals surface area contributed by atoms with Gasteiger partial charge in [-0.2, -0.15) is 0 Å². The van der Waals surface area contributed by atoms with E-state index in [2.05, 4.69) is 21.2 Å². The van der Waals surface area contributed by atoms with Gasteiger partial charge in [-0.25, -0.2) is 0 Å². The summed E-state index contributed by atoms with van der Waals surface area (Å²) in [7, 11) is 0. The van der Waals surface area contributed by atoms with Gasteiger partial charge < -0.3 is 16.0 Å². The van der Waals surface area contributed by atoms with Gasteiger partial charge in [0.1, 0.15) is 0 Å². The minimum absolute atomic E-state index is 0.00501. The fourth-order valence-corrected chi connectivity index (χ4v) is 3.14. The van der Waals surface area contributed by atoms with Gasteiger partial charge in [-0.1, -0.05) is 28.1 Å². The molecule has 6 heteroatoms. The Morgan fingerprint density at radius 1 is 1.41 bits per heavy atom. The molecule has 1 saturated heterocycles. The van der Waals surface area contributed by atoms with Crippen molar-refractivity contribution in [2.24, 2.45) is 11.7 Å². The second-order valence-electron chi connectivity index (χ2n) is 5.57. The number of likely N-dealkylation sites (tertiary alicyclic amines) is 1. The third-order valence-electron chi connectivity index (χ3n) is 3.83. The third-order valence-corrected chi connectivity index (χ3v) is 4.33. The van der Waals surface area contributed by atoms with Crippen molar-refractivity contribution in [3.63, 3.8) is 0 Å². The van der Waals surface area contributed by atoms with Gasteiger partial charge in [0.25, 0.3) is 0 Å². The van der Waals surface area contributed by atoms with Crippen LogP contribution in [-0.2, 0) is 16.0 Å². The van der Waals surface area contributed by atoms with Crippen molar-refractivity contribution in [1.82, 2.24) is 10.2 Å². The maximum absolute atomic E-state index is 12.4. The first kappa shape index (κ1) is 17.0. The smallest absolute Gasteiger partial charge is 0.227 e. The topological polar surface area (TPSA) is 75.4 Å². The zero-order valence-corrected chi connectivity index (χ0v) is 14.1. The molecular formula is C16H22BrN3O2. The number of hydrogen-bond donors (Lipinski definition) is 2. The number of nitrogens with one attached hydrogen (secondary N) is 1. The molecular weight excluding hydrogens is 346 g/mol. The maximum atomic E-state index is 12.4. The summed E-state index contributed by atoms with van der Waals surface area (Å²) >= 11 is 3.41. The van der Waals surface area contributed by atoms with E-state index in [1.165, 1.54) is 0 Å². The van der Waals surface area contributed by atoms with Crippen LogP contribution in [0.4, 0.5) is 0 Å². The number of piperidine rings is 1. The first-order chi connectivity index (χ1) is 10.6. The third kappa shape index (κ3) is 4.81. The molecule has 120 valence electrons. The average Bonchev–Trinajstić information content (AvgIpc) is 2.52. The number of halogens is 1. The van der Waals surface area contributed by atoms with Gasteiger partial charge in [-0.05, 0) is 30.5 Å². The lowest BCUT2D eigenvalue weighted by Gasteiger charge is -2.32. The van der Waals surface area contributed by atoms with Crippen LogP contribution in [0, 0.1) is 5.92 Å². The lowest BCUT2D eigenvalue weighted by molar-refractivity contribution is -0.135. The minimum atomic E-state index is -0.119. The first-order valence-corrected chi connectivity index (χ1v) is 8.39. The molecule has 1 atom stereocenters. The van der Waals surface area contributed by atoms with Crippen LogP contribution >= 0.6 is 15.9 Å². The average molecular weight is 368 g/mol. The van der Waals surface area contributed by atoms with Crippen LogP contribution in [0.5, 0.6) is 0 Å². The lowest BCUT2D eigenvalue weighted by Crippen LogP contribution is -2.46. The number of nitrogens with zero attached hydrogens (tertiary/aromatic N) is 1. The summed E-state index contributed by atoms with van der Waals surface area (Å²) in [5, 5.41) is 2.81. The molecule has 1 aliphatic heterocycles. The Hall–Kier alpha value is -1.40. The predicted molar refractivity (Wildman–Crippen MR) is 89.2 cm³/mol. The normalized spacial score (nSPS) is 18.1. The number of carbonyl (C=O) groups is 2. The SMILES string of the molecule is NCCNC(=O)C1CCCN(C(=O)Cc2cccc(Br)c2)C1. The highest BCUT2D eigenvalue weighted by molar-refractivity contribution is 9.10. The van der Waals surface area contributed by atoms with Crippen LogP contribution in [0.15, 0.2) is 28.7 Å². The van der Waals surface area contributed by atoms with E-state index in [0.717, 1.165) is 29.4 Å². The summed E-state index contributed by atoms with van der Waals surface area (Å²) in [4.78, 5) is 26.2. The highest BCUT2D eigenvalue weighted by Gasteiger charge is 2.28. The number of carbonyl (C=O) groups excluding carboxylic acids is 2. The number of amides is 2. The van der Waals surface area contributed by atoms with Crippen molar-refractivity contribution in [1.29, 1.82) is 0 Å². The van der Waals surface area contributed by atoms with Gasteiger partial charge in [0.2, 0.25) is 11.8 Å². The monoisotopic (exact) mass is 367 g/mol. The van der Waals surface area contributed by atoms with Crippen LogP contribution in [0.3, 0.4) is 0 Å². The van der Waals surface area contributed by atoms with E-state index in [0.29, 0.717) is 26.1 Å². The molecule has 0 aliphatic carbocycles. The van der Waals surface area contributed by atoms with Gasteiger partial charge in [-0.3, -0.25) is 9.59 Å². The van der Waals surface area contributed by atoms with Gasteiger partial charge >= 0.3 is 0 Å². The van der Waals surface area contributed by atoms with Crippen molar-refractivity contribution in [2.75, 3.05) is 26.2 Å². The molecule has 22 heavy (non-hydrogen) atoms. The van der Waals surface area contributed by atoms with Crippen molar-refractivity contribution in [2.45, 2.75) is 19.3 Å². The number of rotatable bonds is 5. The maximum Gasteiger partial charge on any atom is 0.227 e. The molecule has 1 heterocycles. The summed E-state index contributed by atoms with van der Waals surface area (Å²) in [5.41, 5.74) is 6.38. The molecule has 3 N–H and O–H groups in total.